The third-order valence-electron chi connectivity index (χ3n) is 3.73. The maximum atomic E-state index is 9.25. The second-order valence-electron chi connectivity index (χ2n) is 5.97. The van der Waals surface area contributed by atoms with Crippen LogP contribution in [0.2, 0.25) is 0 Å². The smallest absolute Gasteiger partial charge is 0.327 e. The number of aromatic amines is 1. The average Bonchev–Trinajstić information content (AvgIpc) is 2.95. The lowest BCUT2D eigenvalue weighted by Gasteiger charge is -2.01. The molecule has 0 aromatic carbocycles. The van der Waals surface area contributed by atoms with Gasteiger partial charge in [-0.15, -0.1) is 0 Å². The van der Waals surface area contributed by atoms with Crippen molar-refractivity contribution in [2.24, 2.45) is 0 Å². The summed E-state index contributed by atoms with van der Waals surface area (Å²) in [6, 6.07) is 0. The molecule has 2 N–H and O–H groups in total. The minimum atomic E-state index is -0.981. The first-order valence-corrected chi connectivity index (χ1v) is 8.96. The quantitative estimate of drug-likeness (QED) is 0.398. The van der Waals surface area contributed by atoms with Crippen molar-refractivity contribution < 1.29 is 9.90 Å². The minimum Gasteiger partial charge on any atom is -0.478 e. The Morgan fingerprint density at radius 3 is 2.00 bits per heavy atom. The van der Waals surface area contributed by atoms with Gasteiger partial charge in [-0.1, -0.05) is 71.3 Å². The highest BCUT2D eigenvalue weighted by atomic mass is 16.4. The predicted octanol–water partition coefficient (Wildman–Crippen LogP) is 5.44. The van der Waals surface area contributed by atoms with Gasteiger partial charge in [0.25, 0.3) is 0 Å². The Bertz CT molecular complexity index is 413. The molecule has 1 aromatic rings. The Morgan fingerprint density at radius 1 is 1.13 bits per heavy atom. The number of carboxylic acids is 1. The van der Waals surface area contributed by atoms with Crippen molar-refractivity contribution >= 4 is 5.97 Å². The molecule has 0 aliphatic carbocycles. The molecule has 1 aromatic heterocycles. The Hall–Kier alpha value is -1.58. The van der Waals surface area contributed by atoms with E-state index in [-0.39, 0.29) is 0 Å². The van der Waals surface area contributed by atoms with Gasteiger partial charge in [-0.2, -0.15) is 0 Å². The van der Waals surface area contributed by atoms with Gasteiger partial charge in [-0.3, -0.25) is 0 Å². The van der Waals surface area contributed by atoms with E-state index < -0.39 is 5.97 Å². The Kier molecular flexibility index (Phi) is 14.3. The molecule has 0 spiro atoms. The predicted molar refractivity (Wildman–Crippen MR) is 96.7 cm³/mol. The van der Waals surface area contributed by atoms with E-state index in [1.54, 1.807) is 0 Å². The Labute approximate surface area is 141 Å². The van der Waals surface area contributed by atoms with Crippen molar-refractivity contribution in [3.05, 3.63) is 30.4 Å². The van der Waals surface area contributed by atoms with Crippen LogP contribution in [-0.2, 0) is 11.2 Å². The number of nitrogens with one attached hydrogen (secondary N) is 1. The van der Waals surface area contributed by atoms with Crippen LogP contribution >= 0.6 is 0 Å². The molecule has 0 radical (unpaired) electrons. The minimum absolute atomic E-state index is 0.833. The van der Waals surface area contributed by atoms with Gasteiger partial charge in [-0.05, 0) is 19.8 Å². The maximum Gasteiger partial charge on any atom is 0.327 e. The van der Waals surface area contributed by atoms with E-state index in [0.29, 0.717) is 0 Å². The number of rotatable bonds is 12. The van der Waals surface area contributed by atoms with Crippen LogP contribution in [0.3, 0.4) is 0 Å². The lowest BCUT2D eigenvalue weighted by molar-refractivity contribution is -0.131. The maximum absolute atomic E-state index is 9.25. The Morgan fingerprint density at radius 2 is 1.61 bits per heavy atom. The zero-order valence-corrected chi connectivity index (χ0v) is 14.9. The number of nitrogens with zero attached hydrogens (tertiary/aromatic N) is 1. The van der Waals surface area contributed by atoms with Crippen LogP contribution in [0.1, 0.15) is 82.7 Å². The molecule has 0 saturated heterocycles. The van der Waals surface area contributed by atoms with Crippen molar-refractivity contribution in [2.75, 3.05) is 0 Å². The van der Waals surface area contributed by atoms with Gasteiger partial charge in [0.15, 0.2) is 0 Å². The fourth-order valence-corrected chi connectivity index (χ4v) is 2.40. The zero-order valence-electron chi connectivity index (χ0n) is 14.9. The van der Waals surface area contributed by atoms with Crippen molar-refractivity contribution in [2.45, 2.75) is 84.5 Å². The third kappa shape index (κ3) is 15.1. The van der Waals surface area contributed by atoms with Gasteiger partial charge in [0.05, 0.1) is 0 Å². The van der Waals surface area contributed by atoms with E-state index in [2.05, 4.69) is 23.5 Å². The summed E-state index contributed by atoms with van der Waals surface area (Å²) in [6.45, 7) is 7.26. The molecule has 0 saturated carbocycles. The molecule has 4 heteroatoms. The number of aliphatic carboxylic acids is 1. The molecule has 0 bridgehead atoms. The summed E-state index contributed by atoms with van der Waals surface area (Å²) in [5.41, 5.74) is 1.30. The molecule has 4 nitrogen and oxygen atoms in total. The highest BCUT2D eigenvalue weighted by molar-refractivity contribution is 5.78. The molecular formula is C19H34N2O2. The highest BCUT2D eigenvalue weighted by Crippen LogP contribution is 2.11. The standard InChI is InChI=1S/C16H30N2.C3H4O2/c1-3-4-5-6-7-8-9-10-11-12-13-16-14-17-15(2)18-16;1-2-3(4)5/h14H,3-13H2,1-2H3,(H,17,18);2H,1H2,(H,4,5). The van der Waals surface area contributed by atoms with Gasteiger partial charge in [0, 0.05) is 18.0 Å². The van der Waals surface area contributed by atoms with E-state index in [1.165, 1.54) is 69.9 Å². The molecule has 0 fully saturated rings. The topological polar surface area (TPSA) is 66.0 Å². The molecular weight excluding hydrogens is 288 g/mol. The van der Waals surface area contributed by atoms with Gasteiger partial charge in [0.1, 0.15) is 5.82 Å². The molecule has 0 unspecified atom stereocenters. The molecule has 0 aliphatic rings. The van der Waals surface area contributed by atoms with Crippen molar-refractivity contribution in [3.8, 4) is 0 Å². The summed E-state index contributed by atoms with van der Waals surface area (Å²) in [6.07, 6.45) is 18.0. The first-order chi connectivity index (χ1) is 11.1. The highest BCUT2D eigenvalue weighted by Gasteiger charge is 1.97. The number of carbonyl (C=O) groups is 1. The van der Waals surface area contributed by atoms with Gasteiger partial charge >= 0.3 is 5.97 Å². The molecule has 1 heterocycles. The number of unbranched alkanes of at least 4 members (excludes halogenated alkanes) is 9. The lowest BCUT2D eigenvalue weighted by atomic mass is 10.1. The summed E-state index contributed by atoms with van der Waals surface area (Å²) < 4.78 is 0. The van der Waals surface area contributed by atoms with Gasteiger partial charge < -0.3 is 10.1 Å². The van der Waals surface area contributed by atoms with Crippen LogP contribution in [0.4, 0.5) is 0 Å². The number of aryl methyl sites for hydroxylation is 2. The molecule has 0 atom stereocenters. The number of aromatic nitrogens is 2. The van der Waals surface area contributed by atoms with E-state index in [0.717, 1.165) is 18.3 Å². The number of H-pyrrole nitrogens is 1. The lowest BCUT2D eigenvalue weighted by Crippen LogP contribution is -1.87. The number of hydrogen-bond donors (Lipinski definition) is 2. The van der Waals surface area contributed by atoms with Crippen LogP contribution in [0.25, 0.3) is 0 Å². The number of imidazole rings is 1. The monoisotopic (exact) mass is 322 g/mol. The SMILES string of the molecule is C=CC(=O)O.CCCCCCCCCCCCc1cnc(C)[nH]1. The average molecular weight is 322 g/mol. The van der Waals surface area contributed by atoms with Crippen LogP contribution in [0.15, 0.2) is 18.9 Å². The summed E-state index contributed by atoms with van der Waals surface area (Å²) in [7, 11) is 0. The molecule has 1 rings (SSSR count). The summed E-state index contributed by atoms with van der Waals surface area (Å²) in [5.74, 6) is 0.0575. The fourth-order valence-electron chi connectivity index (χ4n) is 2.40. The summed E-state index contributed by atoms with van der Waals surface area (Å²) >= 11 is 0. The molecule has 132 valence electrons. The first kappa shape index (κ1) is 21.4. The van der Waals surface area contributed by atoms with E-state index in [4.69, 9.17) is 5.11 Å². The zero-order chi connectivity index (χ0) is 17.3. The van der Waals surface area contributed by atoms with Gasteiger partial charge in [-0.25, -0.2) is 9.78 Å². The third-order valence-corrected chi connectivity index (χ3v) is 3.73. The van der Waals surface area contributed by atoms with Crippen molar-refractivity contribution in [1.29, 1.82) is 0 Å². The van der Waals surface area contributed by atoms with E-state index in [9.17, 15) is 4.79 Å². The molecule has 23 heavy (non-hydrogen) atoms. The summed E-state index contributed by atoms with van der Waals surface area (Å²) in [4.78, 5) is 16.8. The molecule has 0 amide bonds. The molecule has 0 aliphatic heterocycles. The second-order valence-corrected chi connectivity index (χ2v) is 5.97. The Balaban J connectivity index is 0.000000841. The van der Waals surface area contributed by atoms with Crippen LogP contribution in [-0.4, -0.2) is 21.0 Å². The number of hydrogen-bond acceptors (Lipinski definition) is 2. The number of carboxylic acid groups (broad SMARTS) is 1. The van der Waals surface area contributed by atoms with Gasteiger partial charge in [0.2, 0.25) is 0 Å². The largest absolute Gasteiger partial charge is 0.478 e. The fraction of sp³-hybridized carbons (Fsp3) is 0.684. The van der Waals surface area contributed by atoms with E-state index >= 15 is 0 Å². The van der Waals surface area contributed by atoms with Crippen LogP contribution < -0.4 is 0 Å². The normalized spacial score (nSPS) is 10.0. The first-order valence-electron chi connectivity index (χ1n) is 8.96. The van der Waals surface area contributed by atoms with Crippen LogP contribution in [0, 0.1) is 6.92 Å². The second kappa shape index (κ2) is 15.3. The summed E-state index contributed by atoms with van der Waals surface area (Å²) in [5, 5.41) is 7.60. The van der Waals surface area contributed by atoms with Crippen molar-refractivity contribution in [1.82, 2.24) is 9.97 Å². The van der Waals surface area contributed by atoms with E-state index in [1.807, 2.05) is 13.1 Å². The van der Waals surface area contributed by atoms with Crippen molar-refractivity contribution in [3.63, 3.8) is 0 Å². The van der Waals surface area contributed by atoms with Crippen LogP contribution in [0.5, 0.6) is 0 Å².